The monoisotopic (exact) mass is 130 g/mol. The van der Waals surface area contributed by atoms with Crippen molar-refractivity contribution in [3.63, 3.8) is 0 Å². The number of rotatable bonds is 0. The summed E-state index contributed by atoms with van der Waals surface area (Å²) in [7, 11) is 1.50. The van der Waals surface area contributed by atoms with Crippen molar-refractivity contribution in [3.8, 4) is 0 Å². The number of nitrogens with two attached hydrogens (primary N) is 4. The molecule has 0 bridgehead atoms. The van der Waals surface area contributed by atoms with Gasteiger partial charge in [-0.3, -0.25) is 0 Å². The topological polar surface area (TPSA) is 165 Å². The molecule has 0 aromatic heterocycles. The van der Waals surface area contributed by atoms with Crippen molar-refractivity contribution in [3.05, 3.63) is 0 Å². The minimum Gasteiger partial charge on any atom is -0.333 e. The summed E-state index contributed by atoms with van der Waals surface area (Å²) in [5.41, 5.74) is 4.50. The van der Waals surface area contributed by atoms with Crippen LogP contribution in [0.3, 0.4) is 0 Å². The molecule has 0 aliphatic heterocycles. The van der Waals surface area contributed by atoms with Gasteiger partial charge in [0.25, 0.3) is 0 Å². The van der Waals surface area contributed by atoms with Gasteiger partial charge in [0.2, 0.25) is 0 Å². The summed E-state index contributed by atoms with van der Waals surface area (Å²) in [6, 6.07) is 0. The zero-order valence-corrected chi connectivity index (χ0v) is 4.65. The molecule has 0 fully saturated rings. The fourth-order valence-electron chi connectivity index (χ4n) is 0. The Morgan fingerprint density at radius 1 is 0.625 bits per heavy atom. The minimum absolute atomic E-state index is 1.50. The third-order valence-corrected chi connectivity index (χ3v) is 0. The molecule has 0 aliphatic rings. The molecule has 0 atom stereocenters. The van der Waals surface area contributed by atoms with Gasteiger partial charge in [0, 0.05) is 0 Å². The predicted molar refractivity (Wildman–Crippen MR) is 28.0 cm³/mol. The average Bonchev–Trinajstić information content (AvgIpc) is 2.03. The van der Waals surface area contributed by atoms with E-state index in [1.54, 1.807) is 0 Å². The molecule has 0 aliphatic carbocycles. The van der Waals surface area contributed by atoms with Crippen molar-refractivity contribution in [2.75, 3.05) is 7.05 Å². The summed E-state index contributed by atoms with van der Waals surface area (Å²) < 4.78 is 0. The lowest BCUT2D eigenvalue weighted by molar-refractivity contribution is 0.311. The van der Waals surface area contributed by atoms with Gasteiger partial charge in [0.15, 0.2) is 0 Å². The van der Waals surface area contributed by atoms with Crippen LogP contribution in [0.2, 0.25) is 0 Å². The molecule has 0 heterocycles. The Kier molecular flexibility index (Phi) is 8830. The lowest BCUT2D eigenvalue weighted by Crippen LogP contribution is -1.72. The second kappa shape index (κ2) is 2800. The average molecular weight is 130 g/mol. The van der Waals surface area contributed by atoms with E-state index in [-0.39, 0.29) is 0 Å². The van der Waals surface area contributed by atoms with Crippen LogP contribution in [0.5, 0.6) is 0 Å². The highest BCUT2D eigenvalue weighted by molar-refractivity contribution is 3.54. The Morgan fingerprint density at radius 3 is 0.625 bits per heavy atom. The van der Waals surface area contributed by atoms with Crippen molar-refractivity contribution in [2.45, 2.75) is 0 Å². The zero-order chi connectivity index (χ0) is 8.00. The molecule has 7 heteroatoms. The van der Waals surface area contributed by atoms with E-state index in [0.717, 1.165) is 0 Å². The summed E-state index contributed by atoms with van der Waals surface area (Å²) in [6.07, 6.45) is 0. The first-order valence-electron chi connectivity index (χ1n) is 1.35. The highest BCUT2D eigenvalue weighted by Gasteiger charge is 0.836. The van der Waals surface area contributed by atoms with Crippen LogP contribution in [0.15, 0.2) is 0 Å². The van der Waals surface area contributed by atoms with Gasteiger partial charge in [-0.2, -0.15) is 0 Å². The van der Waals surface area contributed by atoms with Crippen LogP contribution in [-0.2, 0) is 0 Å². The molecule has 0 saturated heterocycles. The molecular formula is CH14N4O3. The van der Waals surface area contributed by atoms with Crippen LogP contribution < -0.4 is 23.4 Å². The van der Waals surface area contributed by atoms with Gasteiger partial charge < -0.3 is 21.4 Å². The smallest absolute Gasteiger partial charge is 0.0195 e. The van der Waals surface area contributed by atoms with Crippen molar-refractivity contribution < 1.29 is 15.6 Å². The Bertz CT molecular complexity index is 11.2. The molecule has 0 amide bonds. The van der Waals surface area contributed by atoms with Crippen molar-refractivity contribution in [1.82, 2.24) is 0 Å². The second-order valence-electron chi connectivity index (χ2n) is 0. The molecule has 0 unspecified atom stereocenters. The molecule has 8 heavy (non-hydrogen) atoms. The highest BCUT2D eigenvalue weighted by Crippen LogP contribution is 0.469. The predicted octanol–water partition coefficient (Wildman–Crippen LogP) is -2.42. The molecule has 0 spiro atoms. The fraction of sp³-hybridized carbons (Fsp3) is 1.00. The third kappa shape index (κ3) is 1630. The minimum atomic E-state index is 1.50. The van der Waals surface area contributed by atoms with Crippen LogP contribution >= 0.6 is 0 Å². The first-order chi connectivity index (χ1) is 4.00. The van der Waals surface area contributed by atoms with E-state index in [0.29, 0.717) is 0 Å². The van der Waals surface area contributed by atoms with Crippen LogP contribution in [-0.4, -0.2) is 22.7 Å². The van der Waals surface area contributed by atoms with Crippen LogP contribution in [0.1, 0.15) is 0 Å². The maximum absolute atomic E-state index is 6.50. The maximum atomic E-state index is 6.50. The first-order valence-corrected chi connectivity index (χ1v) is 1.35. The van der Waals surface area contributed by atoms with Crippen molar-refractivity contribution in [1.29, 1.82) is 0 Å². The summed E-state index contributed by atoms with van der Waals surface area (Å²) in [6.45, 7) is 0. The van der Waals surface area contributed by atoms with Crippen molar-refractivity contribution >= 4 is 0 Å². The van der Waals surface area contributed by atoms with Gasteiger partial charge in [0.1, 0.15) is 0 Å². The molecule has 0 saturated carbocycles. The number of hydrogen-bond donors (Lipinski definition) is 7. The van der Waals surface area contributed by atoms with Crippen LogP contribution in [0, 0.1) is 0 Å². The Labute approximate surface area is 47.4 Å². The molecular weight excluding hydrogens is 116 g/mol. The van der Waals surface area contributed by atoms with E-state index in [1.807, 2.05) is 0 Å². The Morgan fingerprint density at radius 2 is 0.625 bits per heavy atom. The van der Waals surface area contributed by atoms with E-state index in [1.165, 1.54) is 7.05 Å². The quantitative estimate of drug-likeness (QED) is 0.179. The first kappa shape index (κ1) is 25.2. The van der Waals surface area contributed by atoms with Gasteiger partial charge in [-0.15, -0.1) is 0 Å². The molecule has 0 aromatic rings. The summed E-state index contributed by atoms with van der Waals surface area (Å²) >= 11 is 0. The van der Waals surface area contributed by atoms with Gasteiger partial charge in [-0.05, 0) is 7.05 Å². The summed E-state index contributed by atoms with van der Waals surface area (Å²) in [5.74, 6) is 10.5. The maximum Gasteiger partial charge on any atom is -0.0195 e. The molecule has 11 N–H and O–H groups in total. The normalized spacial score (nSPS) is 3.00. The summed E-state index contributed by atoms with van der Waals surface area (Å²) in [5, 5.41) is 19.5. The van der Waals surface area contributed by atoms with Crippen LogP contribution in [0.4, 0.5) is 0 Å². The molecule has 0 radical (unpaired) electrons. The second-order valence-corrected chi connectivity index (χ2v) is 0. The fourth-order valence-corrected chi connectivity index (χ4v) is 0. The van der Waals surface area contributed by atoms with E-state index in [2.05, 4.69) is 23.4 Å². The standard InChI is InChI=1S/CH5N.3H3NO/c4*1-2/h2H2,1H3;3*2H,1H2. The molecule has 0 aromatic carbocycles. The lowest BCUT2D eigenvalue weighted by atomic mass is 11.6. The van der Waals surface area contributed by atoms with E-state index >= 15 is 0 Å². The van der Waals surface area contributed by atoms with Gasteiger partial charge >= 0.3 is 0 Å². The highest BCUT2D eigenvalue weighted by atomic mass is 16.4. The van der Waals surface area contributed by atoms with E-state index in [4.69, 9.17) is 15.6 Å². The van der Waals surface area contributed by atoms with E-state index < -0.39 is 0 Å². The molecule has 7 nitrogen and oxygen atoms in total. The van der Waals surface area contributed by atoms with Gasteiger partial charge in [-0.1, -0.05) is 0 Å². The van der Waals surface area contributed by atoms with Gasteiger partial charge in [-0.25, -0.2) is 17.7 Å². The zero-order valence-electron chi connectivity index (χ0n) is 4.65. The van der Waals surface area contributed by atoms with Gasteiger partial charge in [0.05, 0.1) is 0 Å². The largest absolute Gasteiger partial charge is 0.333 e. The number of hydrogen-bond acceptors (Lipinski definition) is 7. The molecule has 56 valence electrons. The Hall–Kier alpha value is -0.280. The SMILES string of the molecule is CN.NO.NO.NO. The van der Waals surface area contributed by atoms with Crippen molar-refractivity contribution in [2.24, 2.45) is 23.4 Å². The Balaban J connectivity index is -0.0000000133. The summed E-state index contributed by atoms with van der Waals surface area (Å²) in [4.78, 5) is 0. The third-order valence-electron chi connectivity index (χ3n) is 0. The lowest BCUT2D eigenvalue weighted by Gasteiger charge is -1.27. The molecule has 0 rings (SSSR count). The van der Waals surface area contributed by atoms with Crippen LogP contribution in [0.25, 0.3) is 0 Å². The van der Waals surface area contributed by atoms with E-state index in [9.17, 15) is 0 Å².